The molecule has 0 bridgehead atoms. The Hall–Kier alpha value is -0.590. The molecule has 0 aromatic rings. The van der Waals surface area contributed by atoms with Gasteiger partial charge in [0.1, 0.15) is 0 Å². The van der Waals surface area contributed by atoms with Crippen molar-refractivity contribution in [2.24, 2.45) is 0 Å². The van der Waals surface area contributed by atoms with Crippen LogP contribution in [0.5, 0.6) is 0 Å². The lowest BCUT2D eigenvalue weighted by Gasteiger charge is -2.23. The summed E-state index contributed by atoms with van der Waals surface area (Å²) in [4.78, 5) is 2.53. The van der Waals surface area contributed by atoms with Gasteiger partial charge in [0, 0.05) is 12.6 Å². The molecule has 0 saturated heterocycles. The lowest BCUT2D eigenvalue weighted by molar-refractivity contribution is 0.255. The number of nitriles is 1. The van der Waals surface area contributed by atoms with Crippen molar-refractivity contribution in [3.8, 4) is 6.07 Å². The van der Waals surface area contributed by atoms with Crippen molar-refractivity contribution in [3.63, 3.8) is 0 Å². The van der Waals surface area contributed by atoms with Gasteiger partial charge in [0.05, 0.1) is 12.1 Å². The van der Waals surface area contributed by atoms with Crippen LogP contribution in [0.3, 0.4) is 0 Å². The summed E-state index contributed by atoms with van der Waals surface area (Å²) in [5, 5.41) is 12.6. The van der Waals surface area contributed by atoms with Crippen LogP contribution in [-0.4, -0.2) is 36.6 Å². The Morgan fingerprint density at radius 2 is 1.78 bits per heavy atom. The predicted octanol–water partition coefficient (Wildman–Crippen LogP) is 2.92. The van der Waals surface area contributed by atoms with Gasteiger partial charge in [-0.25, -0.2) is 0 Å². The van der Waals surface area contributed by atoms with E-state index in [2.05, 4.69) is 30.1 Å². The van der Waals surface area contributed by atoms with E-state index in [0.29, 0.717) is 6.04 Å². The zero-order valence-corrected chi connectivity index (χ0v) is 12.1. The van der Waals surface area contributed by atoms with Crippen molar-refractivity contribution >= 4 is 0 Å². The van der Waals surface area contributed by atoms with E-state index in [1.54, 1.807) is 0 Å². The van der Waals surface area contributed by atoms with Crippen LogP contribution in [0, 0.1) is 11.3 Å². The van der Waals surface area contributed by atoms with Crippen LogP contribution in [0.4, 0.5) is 0 Å². The van der Waals surface area contributed by atoms with Gasteiger partial charge in [0.15, 0.2) is 0 Å². The molecule has 3 heteroatoms. The summed E-state index contributed by atoms with van der Waals surface area (Å²) in [7, 11) is 0. The van der Waals surface area contributed by atoms with E-state index >= 15 is 0 Å². The fraction of sp³-hybridized carbons (Fsp3) is 0.933. The molecule has 104 valence electrons. The van der Waals surface area contributed by atoms with Crippen molar-refractivity contribution < 1.29 is 0 Å². The van der Waals surface area contributed by atoms with Crippen LogP contribution in [0.1, 0.15) is 58.8 Å². The second-order valence-electron chi connectivity index (χ2n) is 5.46. The molecule has 1 rings (SSSR count). The zero-order valence-electron chi connectivity index (χ0n) is 12.1. The molecule has 1 saturated carbocycles. The first-order valence-corrected chi connectivity index (χ1v) is 7.68. The summed E-state index contributed by atoms with van der Waals surface area (Å²) in [5.41, 5.74) is 0. The standard InChI is InChI=1S/C15H29N3/c1-3-5-10-18(11-6-4-2)12-9-15(13-16)17-14-7-8-14/h14-15,17H,3-12H2,1-2H3. The second-order valence-corrected chi connectivity index (χ2v) is 5.46. The number of hydrogen-bond donors (Lipinski definition) is 1. The van der Waals surface area contributed by atoms with Crippen LogP contribution < -0.4 is 5.32 Å². The largest absolute Gasteiger partial charge is 0.303 e. The summed E-state index contributed by atoms with van der Waals surface area (Å²) >= 11 is 0. The normalized spacial score (nSPS) is 16.8. The predicted molar refractivity (Wildman–Crippen MR) is 76.4 cm³/mol. The minimum Gasteiger partial charge on any atom is -0.303 e. The van der Waals surface area contributed by atoms with Crippen molar-refractivity contribution in [1.29, 1.82) is 5.26 Å². The molecule has 0 radical (unpaired) electrons. The monoisotopic (exact) mass is 251 g/mol. The molecule has 18 heavy (non-hydrogen) atoms. The van der Waals surface area contributed by atoms with E-state index in [1.807, 2.05) is 0 Å². The van der Waals surface area contributed by atoms with Crippen molar-refractivity contribution in [2.75, 3.05) is 19.6 Å². The molecular weight excluding hydrogens is 222 g/mol. The van der Waals surface area contributed by atoms with Crippen molar-refractivity contribution in [1.82, 2.24) is 10.2 Å². The van der Waals surface area contributed by atoms with E-state index in [0.717, 1.165) is 13.0 Å². The zero-order chi connectivity index (χ0) is 13.2. The minimum atomic E-state index is 0.0586. The Balaban J connectivity index is 2.21. The molecule has 0 spiro atoms. The smallest absolute Gasteiger partial charge is 0.0967 e. The summed E-state index contributed by atoms with van der Waals surface area (Å²) in [5.74, 6) is 0. The lowest BCUT2D eigenvalue weighted by Crippen LogP contribution is -2.35. The molecule has 0 amide bonds. The van der Waals surface area contributed by atoms with Crippen molar-refractivity contribution in [2.45, 2.75) is 70.9 Å². The average Bonchev–Trinajstić information content (AvgIpc) is 3.20. The van der Waals surface area contributed by atoms with Gasteiger partial charge in [-0.05, 0) is 45.2 Å². The number of hydrogen-bond acceptors (Lipinski definition) is 3. The molecule has 1 unspecified atom stereocenters. The maximum Gasteiger partial charge on any atom is 0.0967 e. The van der Waals surface area contributed by atoms with E-state index in [-0.39, 0.29) is 6.04 Å². The molecule has 3 nitrogen and oxygen atoms in total. The molecule has 1 aliphatic carbocycles. The number of nitrogens with one attached hydrogen (secondary N) is 1. The molecule has 0 aliphatic heterocycles. The van der Waals surface area contributed by atoms with Gasteiger partial charge in [-0.3, -0.25) is 5.32 Å². The fourth-order valence-electron chi connectivity index (χ4n) is 2.13. The third kappa shape index (κ3) is 6.98. The summed E-state index contributed by atoms with van der Waals surface area (Å²) < 4.78 is 0. The maximum atomic E-state index is 9.14. The second kappa shape index (κ2) is 9.35. The van der Waals surface area contributed by atoms with Gasteiger partial charge in [-0.1, -0.05) is 26.7 Å². The highest BCUT2D eigenvalue weighted by Crippen LogP contribution is 2.19. The average molecular weight is 251 g/mol. The van der Waals surface area contributed by atoms with Gasteiger partial charge >= 0.3 is 0 Å². The molecule has 1 N–H and O–H groups in total. The van der Waals surface area contributed by atoms with E-state index in [4.69, 9.17) is 5.26 Å². The highest BCUT2D eigenvalue weighted by Gasteiger charge is 2.24. The first kappa shape index (κ1) is 15.5. The number of nitrogens with zero attached hydrogens (tertiary/aromatic N) is 2. The van der Waals surface area contributed by atoms with Crippen LogP contribution >= 0.6 is 0 Å². The first-order chi connectivity index (χ1) is 8.80. The fourth-order valence-corrected chi connectivity index (χ4v) is 2.13. The van der Waals surface area contributed by atoms with Gasteiger partial charge in [-0.15, -0.1) is 0 Å². The minimum absolute atomic E-state index is 0.0586. The molecule has 1 atom stereocenters. The Kier molecular flexibility index (Phi) is 8.04. The molecule has 0 aromatic carbocycles. The quantitative estimate of drug-likeness (QED) is 0.613. The molecule has 0 aromatic heterocycles. The third-order valence-electron chi connectivity index (χ3n) is 3.56. The van der Waals surface area contributed by atoms with Crippen LogP contribution in [-0.2, 0) is 0 Å². The van der Waals surface area contributed by atoms with E-state index in [9.17, 15) is 0 Å². The van der Waals surface area contributed by atoms with Crippen LogP contribution in [0.2, 0.25) is 0 Å². The molecule has 1 fully saturated rings. The first-order valence-electron chi connectivity index (χ1n) is 7.68. The summed E-state index contributed by atoms with van der Waals surface area (Å²) in [6, 6.07) is 3.10. The SMILES string of the molecule is CCCCN(CCCC)CCC(C#N)NC1CC1. The van der Waals surface area contributed by atoms with Gasteiger partial charge in [-0.2, -0.15) is 5.26 Å². The van der Waals surface area contributed by atoms with Gasteiger partial charge in [0.2, 0.25) is 0 Å². The molecule has 0 heterocycles. The maximum absolute atomic E-state index is 9.14. The summed E-state index contributed by atoms with van der Waals surface area (Å²) in [6.45, 7) is 7.93. The van der Waals surface area contributed by atoms with Crippen molar-refractivity contribution in [3.05, 3.63) is 0 Å². The molecule has 1 aliphatic rings. The van der Waals surface area contributed by atoms with Gasteiger partial charge < -0.3 is 4.90 Å². The molecular formula is C15H29N3. The van der Waals surface area contributed by atoms with Crippen LogP contribution in [0.25, 0.3) is 0 Å². The van der Waals surface area contributed by atoms with E-state index in [1.165, 1.54) is 51.6 Å². The Morgan fingerprint density at radius 3 is 2.22 bits per heavy atom. The number of rotatable bonds is 11. The topological polar surface area (TPSA) is 39.1 Å². The summed E-state index contributed by atoms with van der Waals surface area (Å²) in [6.07, 6.45) is 8.55. The Bertz CT molecular complexity index is 235. The highest BCUT2D eigenvalue weighted by atomic mass is 15.1. The lowest BCUT2D eigenvalue weighted by atomic mass is 10.2. The van der Waals surface area contributed by atoms with Crippen LogP contribution in [0.15, 0.2) is 0 Å². The number of unbranched alkanes of at least 4 members (excludes halogenated alkanes) is 2. The van der Waals surface area contributed by atoms with Gasteiger partial charge in [0.25, 0.3) is 0 Å². The highest BCUT2D eigenvalue weighted by molar-refractivity contribution is 4.96. The Morgan fingerprint density at radius 1 is 1.17 bits per heavy atom. The van der Waals surface area contributed by atoms with E-state index < -0.39 is 0 Å². The Labute approximate surface area is 113 Å². The third-order valence-corrected chi connectivity index (χ3v) is 3.56.